The number of fused-ring (bicyclic) bond motifs is 2. The minimum atomic E-state index is -0.247. The number of rotatable bonds is 3. The zero-order valence-electron chi connectivity index (χ0n) is 13.5. The van der Waals surface area contributed by atoms with Crippen molar-refractivity contribution in [1.82, 2.24) is 4.98 Å². The maximum atomic E-state index is 12.6. The Hall–Kier alpha value is -2.64. The SMILES string of the molecule is Nc1c(C(=O)Nc2ccc(NO)cc2)sc2nc3c(cc12)CCCC3. The van der Waals surface area contributed by atoms with Gasteiger partial charge in [-0.15, -0.1) is 11.3 Å². The first-order chi connectivity index (χ1) is 12.2. The smallest absolute Gasteiger partial charge is 0.267 e. The molecule has 0 bridgehead atoms. The average Bonchev–Trinajstić information content (AvgIpc) is 2.96. The maximum absolute atomic E-state index is 12.6. The Morgan fingerprint density at radius 2 is 1.88 bits per heavy atom. The fraction of sp³-hybridized carbons (Fsp3) is 0.222. The fourth-order valence-electron chi connectivity index (χ4n) is 3.14. The molecule has 3 aromatic rings. The number of amides is 1. The summed E-state index contributed by atoms with van der Waals surface area (Å²) < 4.78 is 0. The van der Waals surface area contributed by atoms with Crippen LogP contribution >= 0.6 is 11.3 Å². The second kappa shape index (κ2) is 6.34. The summed E-state index contributed by atoms with van der Waals surface area (Å²) in [5, 5.41) is 12.5. The van der Waals surface area contributed by atoms with Crippen LogP contribution in [0.3, 0.4) is 0 Å². The Balaban J connectivity index is 1.65. The number of nitrogen functional groups attached to an aromatic ring is 1. The highest BCUT2D eigenvalue weighted by Crippen LogP contribution is 2.35. The van der Waals surface area contributed by atoms with Gasteiger partial charge in [0.25, 0.3) is 5.91 Å². The lowest BCUT2D eigenvalue weighted by molar-refractivity contribution is 0.103. The average molecular weight is 354 g/mol. The van der Waals surface area contributed by atoms with Crippen molar-refractivity contribution < 1.29 is 10.0 Å². The molecular formula is C18H18N4O2S. The second-order valence-corrected chi connectivity index (χ2v) is 7.14. The zero-order chi connectivity index (χ0) is 17.4. The quantitative estimate of drug-likeness (QED) is 0.536. The first-order valence-corrected chi connectivity index (χ1v) is 8.99. The normalized spacial score (nSPS) is 13.5. The highest BCUT2D eigenvalue weighted by molar-refractivity contribution is 7.21. The number of carbonyl (C=O) groups excluding carboxylic acids is 1. The van der Waals surface area contributed by atoms with Gasteiger partial charge in [-0.1, -0.05) is 0 Å². The van der Waals surface area contributed by atoms with Gasteiger partial charge < -0.3 is 11.1 Å². The van der Waals surface area contributed by atoms with Crippen molar-refractivity contribution in [1.29, 1.82) is 0 Å². The number of benzene rings is 1. The highest BCUT2D eigenvalue weighted by Gasteiger charge is 2.20. The molecule has 0 unspecified atom stereocenters. The van der Waals surface area contributed by atoms with E-state index in [4.69, 9.17) is 15.9 Å². The Morgan fingerprint density at radius 3 is 2.64 bits per heavy atom. The summed E-state index contributed by atoms with van der Waals surface area (Å²) in [5.74, 6) is -0.247. The van der Waals surface area contributed by atoms with E-state index in [1.165, 1.54) is 29.7 Å². The van der Waals surface area contributed by atoms with Crippen LogP contribution in [0.2, 0.25) is 0 Å². The molecule has 1 aliphatic carbocycles. The molecule has 2 heterocycles. The molecule has 0 radical (unpaired) electrons. The minimum Gasteiger partial charge on any atom is -0.397 e. The summed E-state index contributed by atoms with van der Waals surface area (Å²) in [6.45, 7) is 0. The molecule has 4 rings (SSSR count). The third-order valence-electron chi connectivity index (χ3n) is 4.48. The predicted molar refractivity (Wildman–Crippen MR) is 100 cm³/mol. The molecule has 1 aromatic carbocycles. The van der Waals surface area contributed by atoms with Gasteiger partial charge in [0, 0.05) is 16.8 Å². The number of nitrogens with two attached hydrogens (primary N) is 1. The van der Waals surface area contributed by atoms with Crippen molar-refractivity contribution in [3.63, 3.8) is 0 Å². The topological polar surface area (TPSA) is 100 Å². The van der Waals surface area contributed by atoms with Gasteiger partial charge in [-0.2, -0.15) is 0 Å². The van der Waals surface area contributed by atoms with Gasteiger partial charge in [0.05, 0.1) is 11.4 Å². The van der Waals surface area contributed by atoms with E-state index >= 15 is 0 Å². The molecule has 2 aromatic heterocycles. The standard InChI is InChI=1S/C18H18N4O2S/c19-15-13-9-10-3-1-2-4-14(10)21-18(13)25-16(15)17(23)20-11-5-7-12(22-24)8-6-11/h5-9,22,24H,1-4,19H2,(H,20,23). The van der Waals surface area contributed by atoms with E-state index in [0.717, 1.165) is 28.8 Å². The van der Waals surface area contributed by atoms with Gasteiger partial charge in [0.1, 0.15) is 9.71 Å². The number of nitrogens with zero attached hydrogens (tertiary/aromatic N) is 1. The Labute approximate surface area is 148 Å². The van der Waals surface area contributed by atoms with Crippen LogP contribution < -0.4 is 16.5 Å². The van der Waals surface area contributed by atoms with Gasteiger partial charge in [-0.3, -0.25) is 15.5 Å². The summed E-state index contributed by atoms with van der Waals surface area (Å²) in [6, 6.07) is 8.84. The van der Waals surface area contributed by atoms with E-state index < -0.39 is 0 Å². The number of pyridine rings is 1. The van der Waals surface area contributed by atoms with Crippen molar-refractivity contribution in [2.75, 3.05) is 16.5 Å². The van der Waals surface area contributed by atoms with Gasteiger partial charge in [-0.25, -0.2) is 4.98 Å². The van der Waals surface area contributed by atoms with Crippen molar-refractivity contribution in [2.24, 2.45) is 0 Å². The predicted octanol–water partition coefficient (Wildman–Crippen LogP) is 3.81. The molecule has 0 saturated heterocycles. The van der Waals surface area contributed by atoms with Crippen molar-refractivity contribution in [3.8, 4) is 0 Å². The van der Waals surface area contributed by atoms with E-state index in [-0.39, 0.29) is 5.91 Å². The first-order valence-electron chi connectivity index (χ1n) is 8.18. The van der Waals surface area contributed by atoms with E-state index in [1.54, 1.807) is 24.3 Å². The van der Waals surface area contributed by atoms with Crippen LogP contribution in [0, 0.1) is 0 Å². The molecular weight excluding hydrogens is 336 g/mol. The van der Waals surface area contributed by atoms with Crippen LogP contribution in [0.25, 0.3) is 10.2 Å². The van der Waals surface area contributed by atoms with Gasteiger partial charge in [0.15, 0.2) is 0 Å². The lowest BCUT2D eigenvalue weighted by Crippen LogP contribution is -2.11. The van der Waals surface area contributed by atoms with Crippen LogP contribution in [-0.2, 0) is 12.8 Å². The number of thiophene rings is 1. The van der Waals surface area contributed by atoms with Crippen LogP contribution in [-0.4, -0.2) is 16.1 Å². The zero-order valence-corrected chi connectivity index (χ0v) is 14.3. The van der Waals surface area contributed by atoms with Crippen molar-refractivity contribution in [2.45, 2.75) is 25.7 Å². The number of nitrogens with one attached hydrogen (secondary N) is 2. The lowest BCUT2D eigenvalue weighted by atomic mass is 9.95. The molecule has 1 amide bonds. The van der Waals surface area contributed by atoms with Crippen LogP contribution in [0.1, 0.15) is 33.8 Å². The fourth-order valence-corrected chi connectivity index (χ4v) is 4.14. The van der Waals surface area contributed by atoms with Crippen molar-refractivity contribution in [3.05, 3.63) is 46.5 Å². The third kappa shape index (κ3) is 2.92. The number of aryl methyl sites for hydroxylation is 2. The van der Waals surface area contributed by atoms with E-state index in [9.17, 15) is 4.79 Å². The summed E-state index contributed by atoms with van der Waals surface area (Å²) in [6.07, 6.45) is 4.37. The van der Waals surface area contributed by atoms with E-state index in [1.807, 2.05) is 0 Å². The molecule has 7 heteroatoms. The molecule has 25 heavy (non-hydrogen) atoms. The summed E-state index contributed by atoms with van der Waals surface area (Å²) in [7, 11) is 0. The number of anilines is 3. The minimum absolute atomic E-state index is 0.247. The van der Waals surface area contributed by atoms with Gasteiger partial charge in [0.2, 0.25) is 0 Å². The van der Waals surface area contributed by atoms with Crippen LogP contribution in [0.4, 0.5) is 17.1 Å². The molecule has 128 valence electrons. The second-order valence-electron chi connectivity index (χ2n) is 6.14. The number of hydrogen-bond acceptors (Lipinski definition) is 6. The Bertz CT molecular complexity index is 950. The highest BCUT2D eigenvalue weighted by atomic mass is 32.1. The van der Waals surface area contributed by atoms with E-state index in [0.29, 0.717) is 21.9 Å². The van der Waals surface area contributed by atoms with E-state index in [2.05, 4.69) is 16.9 Å². The third-order valence-corrected chi connectivity index (χ3v) is 5.59. The molecule has 0 saturated carbocycles. The summed E-state index contributed by atoms with van der Waals surface area (Å²) in [4.78, 5) is 18.6. The first kappa shape index (κ1) is 15.9. The number of carbonyl (C=O) groups is 1. The van der Waals surface area contributed by atoms with Crippen LogP contribution in [0.15, 0.2) is 30.3 Å². The molecule has 0 atom stereocenters. The van der Waals surface area contributed by atoms with Gasteiger partial charge in [-0.05, 0) is 61.6 Å². The van der Waals surface area contributed by atoms with Crippen LogP contribution in [0.5, 0.6) is 0 Å². The monoisotopic (exact) mass is 354 g/mol. The molecule has 1 aliphatic rings. The molecule has 0 spiro atoms. The molecule has 5 N–H and O–H groups in total. The van der Waals surface area contributed by atoms with Crippen molar-refractivity contribution >= 4 is 44.5 Å². The number of aromatic nitrogens is 1. The molecule has 6 nitrogen and oxygen atoms in total. The maximum Gasteiger partial charge on any atom is 0.267 e. The Morgan fingerprint density at radius 1 is 1.16 bits per heavy atom. The van der Waals surface area contributed by atoms with Gasteiger partial charge >= 0.3 is 0 Å². The Kier molecular flexibility index (Phi) is 4.03. The summed E-state index contributed by atoms with van der Waals surface area (Å²) >= 11 is 1.33. The largest absolute Gasteiger partial charge is 0.397 e. The molecule has 0 aliphatic heterocycles. The molecule has 0 fully saturated rings. The number of hydrogen-bond donors (Lipinski definition) is 4. The summed E-state index contributed by atoms with van der Waals surface area (Å²) in [5.41, 5.74) is 12.4. The lowest BCUT2D eigenvalue weighted by Gasteiger charge is -2.14.